The third kappa shape index (κ3) is 4.28. The van der Waals surface area contributed by atoms with Crippen LogP contribution in [0.4, 0.5) is 0 Å². The Labute approximate surface area is 172 Å². The molecule has 4 rings (SSSR count). The molecule has 0 saturated heterocycles. The summed E-state index contributed by atoms with van der Waals surface area (Å²) in [6, 6.07) is 12.9. The standard InChI is InChI=1S/C24H30NO2S/c1-27-23-7-3-5-20-18(4-2-6-22(20)23)11-14-25-13-10-17-8-9-21-19(16-17)12-15-28-24(21)26/h3,5,7-9,16,18,25,28H,2,4,6,10-15H2,1H3. The van der Waals surface area contributed by atoms with Crippen LogP contribution < -0.4 is 10.1 Å². The first-order valence-corrected chi connectivity index (χ1v) is 11.5. The molecule has 0 spiro atoms. The second-order valence-corrected chi connectivity index (χ2v) is 9.00. The zero-order valence-electron chi connectivity index (χ0n) is 16.7. The number of rotatable bonds is 7. The number of carbonyl (C=O) groups excluding carboxylic acids is 1. The van der Waals surface area contributed by atoms with Crippen molar-refractivity contribution in [1.29, 1.82) is 0 Å². The van der Waals surface area contributed by atoms with E-state index in [4.69, 9.17) is 4.74 Å². The van der Waals surface area contributed by atoms with Gasteiger partial charge < -0.3 is 10.1 Å². The van der Waals surface area contributed by atoms with Crippen LogP contribution in [0.15, 0.2) is 36.4 Å². The van der Waals surface area contributed by atoms with Gasteiger partial charge in [0, 0.05) is 5.56 Å². The van der Waals surface area contributed by atoms with Gasteiger partial charge in [0.25, 0.3) is 0 Å². The normalized spacial score (nSPS) is 18.5. The Morgan fingerprint density at radius 3 is 3.00 bits per heavy atom. The van der Waals surface area contributed by atoms with Gasteiger partial charge in [-0.2, -0.15) is 11.8 Å². The number of hydrogen-bond donors (Lipinski definition) is 2. The Morgan fingerprint density at radius 2 is 2.11 bits per heavy atom. The third-order valence-corrected chi connectivity index (χ3v) is 7.08. The minimum atomic E-state index is 0.287. The predicted molar refractivity (Wildman–Crippen MR) is 118 cm³/mol. The molecule has 2 aromatic rings. The second kappa shape index (κ2) is 9.15. The van der Waals surface area contributed by atoms with Gasteiger partial charge in [0.05, 0.1) is 7.11 Å². The van der Waals surface area contributed by atoms with Crippen molar-refractivity contribution in [3.8, 4) is 5.75 Å². The molecule has 0 amide bonds. The van der Waals surface area contributed by atoms with Crippen LogP contribution in [-0.2, 0) is 19.3 Å². The molecule has 0 aromatic heterocycles. The summed E-state index contributed by atoms with van der Waals surface area (Å²) in [6.07, 6.45) is 6.91. The van der Waals surface area contributed by atoms with Gasteiger partial charge in [-0.25, -0.2) is 0 Å². The molecule has 0 saturated carbocycles. The molecule has 2 aliphatic rings. The van der Waals surface area contributed by atoms with Crippen molar-refractivity contribution in [3.63, 3.8) is 0 Å². The molecule has 1 aliphatic heterocycles. The highest BCUT2D eigenvalue weighted by Gasteiger charge is 2.22. The molecule has 4 heteroatoms. The zero-order chi connectivity index (χ0) is 19.3. The molecule has 1 atom stereocenters. The van der Waals surface area contributed by atoms with Crippen molar-refractivity contribution in [2.75, 3.05) is 26.0 Å². The first kappa shape index (κ1) is 19.5. The highest BCUT2D eigenvalue weighted by Crippen LogP contribution is 2.38. The summed E-state index contributed by atoms with van der Waals surface area (Å²) in [5.41, 5.74) is 6.44. The Morgan fingerprint density at radius 1 is 1.18 bits per heavy atom. The first-order chi connectivity index (χ1) is 13.8. The maximum absolute atomic E-state index is 11.9. The average Bonchev–Trinajstić information content (AvgIpc) is 2.73. The number of ether oxygens (including phenoxy) is 1. The maximum Gasteiger partial charge on any atom is 0.207 e. The van der Waals surface area contributed by atoms with Gasteiger partial charge in [0.2, 0.25) is 5.12 Å². The monoisotopic (exact) mass is 396 g/mol. The fourth-order valence-corrected chi connectivity index (χ4v) is 5.56. The molecule has 1 N–H and O–H groups in total. The van der Waals surface area contributed by atoms with Crippen molar-refractivity contribution < 1.29 is 9.53 Å². The van der Waals surface area contributed by atoms with E-state index in [1.807, 2.05) is 6.07 Å². The summed E-state index contributed by atoms with van der Waals surface area (Å²) in [6.45, 7) is 2.03. The number of hydrogen-bond acceptors (Lipinski definition) is 3. The van der Waals surface area contributed by atoms with Crippen molar-refractivity contribution >= 4 is 16.9 Å². The van der Waals surface area contributed by atoms with Crippen LogP contribution in [0, 0.1) is 0 Å². The molecular weight excluding hydrogens is 366 g/mol. The lowest BCUT2D eigenvalue weighted by Gasteiger charge is -2.27. The topological polar surface area (TPSA) is 38.3 Å². The summed E-state index contributed by atoms with van der Waals surface area (Å²) < 4.78 is 5.56. The van der Waals surface area contributed by atoms with Crippen LogP contribution in [0.5, 0.6) is 5.75 Å². The van der Waals surface area contributed by atoms with Gasteiger partial charge >= 0.3 is 0 Å². The quantitative estimate of drug-likeness (QED) is 0.535. The lowest BCUT2D eigenvalue weighted by molar-refractivity contribution is 0.108. The maximum atomic E-state index is 11.9. The Hall–Kier alpha value is -1.78. The predicted octanol–water partition coefficient (Wildman–Crippen LogP) is 4.50. The second-order valence-electron chi connectivity index (χ2n) is 7.83. The van der Waals surface area contributed by atoms with E-state index in [-0.39, 0.29) is 5.12 Å². The van der Waals surface area contributed by atoms with Crippen molar-refractivity contribution in [2.45, 2.75) is 44.4 Å². The summed E-state index contributed by atoms with van der Waals surface area (Å²) in [5.74, 6) is 2.67. The van der Waals surface area contributed by atoms with Crippen molar-refractivity contribution in [2.24, 2.45) is 0 Å². The lowest BCUT2D eigenvalue weighted by Crippen LogP contribution is -2.22. The molecule has 149 valence electrons. The van der Waals surface area contributed by atoms with Gasteiger partial charge in [0.1, 0.15) is 5.75 Å². The van der Waals surface area contributed by atoms with Crippen LogP contribution in [0.1, 0.15) is 57.8 Å². The van der Waals surface area contributed by atoms with Gasteiger partial charge in [-0.15, -0.1) is 0 Å². The van der Waals surface area contributed by atoms with Gasteiger partial charge in [0.15, 0.2) is 0 Å². The minimum absolute atomic E-state index is 0.287. The van der Waals surface area contributed by atoms with Gasteiger partial charge in [-0.05, 0) is 97.7 Å². The molecule has 1 unspecified atom stereocenters. The van der Waals surface area contributed by atoms with Crippen LogP contribution in [0.25, 0.3) is 0 Å². The smallest absolute Gasteiger partial charge is 0.207 e. The average molecular weight is 397 g/mol. The Kier molecular flexibility index (Phi) is 6.38. The molecule has 28 heavy (non-hydrogen) atoms. The van der Waals surface area contributed by atoms with E-state index in [1.165, 1.54) is 41.5 Å². The zero-order valence-corrected chi connectivity index (χ0v) is 17.6. The van der Waals surface area contributed by atoms with E-state index in [0.29, 0.717) is 5.92 Å². The van der Waals surface area contributed by atoms with Crippen LogP contribution in [0.2, 0.25) is 0 Å². The van der Waals surface area contributed by atoms with Crippen LogP contribution >= 0.6 is 11.8 Å². The van der Waals surface area contributed by atoms with Crippen molar-refractivity contribution in [3.05, 3.63) is 64.2 Å². The highest BCUT2D eigenvalue weighted by molar-refractivity contribution is 8.14. The van der Waals surface area contributed by atoms with E-state index in [9.17, 15) is 4.79 Å². The Balaban J connectivity index is 1.27. The van der Waals surface area contributed by atoms with Gasteiger partial charge in [-0.1, -0.05) is 24.3 Å². The van der Waals surface area contributed by atoms with E-state index in [2.05, 4.69) is 35.6 Å². The summed E-state index contributed by atoms with van der Waals surface area (Å²) in [4.78, 5) is 11.9. The number of carbonyl (C=O) groups is 1. The number of thiol groups is 1. The molecule has 0 bridgehead atoms. The Bertz CT molecular complexity index is 848. The van der Waals surface area contributed by atoms with Crippen molar-refractivity contribution in [1.82, 2.24) is 5.32 Å². The molecule has 3 nitrogen and oxygen atoms in total. The third-order valence-electron chi connectivity index (χ3n) is 6.11. The molecule has 1 heterocycles. The van der Waals surface area contributed by atoms with Crippen LogP contribution in [0.3, 0.4) is 0 Å². The number of benzene rings is 2. The summed E-state index contributed by atoms with van der Waals surface area (Å²) in [7, 11) is 1.77. The summed E-state index contributed by atoms with van der Waals surface area (Å²) in [5, 5.41) is 3.92. The van der Waals surface area contributed by atoms with Gasteiger partial charge in [-0.3, -0.25) is 4.79 Å². The van der Waals surface area contributed by atoms with E-state index in [0.717, 1.165) is 61.2 Å². The summed E-state index contributed by atoms with van der Waals surface area (Å²) >= 11 is 0.956. The number of fused-ring (bicyclic) bond motifs is 2. The fourth-order valence-electron chi connectivity index (χ4n) is 4.62. The van der Waals surface area contributed by atoms with E-state index in [1.54, 1.807) is 7.11 Å². The molecule has 2 aromatic carbocycles. The minimum Gasteiger partial charge on any atom is -0.496 e. The SMILES string of the molecule is COc1cccc2c1CCCC2CCNCCc1ccc2c(c1)CC[SH]C2=O. The number of methoxy groups -OCH3 is 1. The van der Waals surface area contributed by atoms with E-state index < -0.39 is 0 Å². The number of aryl methyl sites for hydroxylation is 1. The highest BCUT2D eigenvalue weighted by atomic mass is 32.2. The lowest BCUT2D eigenvalue weighted by atomic mass is 9.80. The fraction of sp³-hybridized carbons (Fsp3) is 0.458. The van der Waals surface area contributed by atoms with E-state index >= 15 is 0 Å². The molecule has 1 aliphatic carbocycles. The first-order valence-electron chi connectivity index (χ1n) is 10.5. The molecule has 1 radical (unpaired) electrons. The molecule has 0 fully saturated rings. The van der Waals surface area contributed by atoms with Crippen LogP contribution in [-0.4, -0.2) is 31.1 Å². The molecular formula is C24H30NO2S. The largest absolute Gasteiger partial charge is 0.496 e. The number of nitrogens with one attached hydrogen (secondary N) is 1.